The number of methoxy groups -OCH3 is 1. The van der Waals surface area contributed by atoms with Crippen LogP contribution in [0.1, 0.15) is 34.8 Å². The Morgan fingerprint density at radius 1 is 1.12 bits per heavy atom. The number of hydrogen-bond acceptors (Lipinski definition) is 8. The molecule has 1 aliphatic heterocycles. The molecule has 0 saturated carbocycles. The lowest BCUT2D eigenvalue weighted by molar-refractivity contribution is 0.257. The lowest BCUT2D eigenvalue weighted by atomic mass is 9.96. The number of ether oxygens (including phenoxy) is 2. The van der Waals surface area contributed by atoms with Crippen LogP contribution < -0.4 is 14.8 Å². The molecule has 0 radical (unpaired) electrons. The zero-order chi connectivity index (χ0) is 22.7. The van der Waals surface area contributed by atoms with Crippen LogP contribution in [0.25, 0.3) is 0 Å². The highest BCUT2D eigenvalue weighted by Crippen LogP contribution is 2.34. The highest BCUT2D eigenvalue weighted by molar-refractivity contribution is 7.15. The van der Waals surface area contributed by atoms with Gasteiger partial charge < -0.3 is 19.7 Å². The first-order valence-electron chi connectivity index (χ1n) is 10.3. The maximum absolute atomic E-state index is 14.4. The van der Waals surface area contributed by atoms with E-state index in [9.17, 15) is 8.78 Å². The molecule has 0 atom stereocenters. The van der Waals surface area contributed by atoms with E-state index in [1.807, 2.05) is 6.20 Å². The van der Waals surface area contributed by atoms with Gasteiger partial charge in [-0.15, -0.1) is 11.3 Å². The summed E-state index contributed by atoms with van der Waals surface area (Å²) in [6.07, 6.45) is 7.08. The maximum Gasteiger partial charge on any atom is 0.229 e. The number of benzene rings is 1. The molecule has 3 aromatic rings. The van der Waals surface area contributed by atoms with Gasteiger partial charge in [0.05, 0.1) is 25.1 Å². The zero-order valence-electron chi connectivity index (χ0n) is 18.2. The number of hydrogen-bond donors (Lipinski definition) is 1. The highest BCUT2D eigenvalue weighted by Gasteiger charge is 2.21. The third-order valence-corrected chi connectivity index (χ3v) is 6.61. The number of aryl methyl sites for hydroxylation is 1. The van der Waals surface area contributed by atoms with Gasteiger partial charge in [-0.2, -0.15) is 0 Å². The first-order chi connectivity index (χ1) is 15.4. The fourth-order valence-electron chi connectivity index (χ4n) is 3.61. The van der Waals surface area contributed by atoms with Crippen LogP contribution in [0.4, 0.5) is 19.9 Å². The molecule has 7 nitrogen and oxygen atoms in total. The summed E-state index contributed by atoms with van der Waals surface area (Å²) in [7, 11) is 3.48. The van der Waals surface area contributed by atoms with Gasteiger partial charge in [0.15, 0.2) is 22.4 Å². The Balaban J connectivity index is 1.37. The van der Waals surface area contributed by atoms with Crippen LogP contribution >= 0.6 is 11.3 Å². The minimum Gasteiger partial charge on any atom is -0.494 e. The van der Waals surface area contributed by atoms with E-state index in [1.54, 1.807) is 18.3 Å². The van der Waals surface area contributed by atoms with Crippen LogP contribution in [-0.2, 0) is 6.61 Å². The van der Waals surface area contributed by atoms with Crippen LogP contribution in [-0.4, -0.2) is 47.1 Å². The van der Waals surface area contributed by atoms with Gasteiger partial charge in [0.1, 0.15) is 12.4 Å². The average molecular weight is 462 g/mol. The van der Waals surface area contributed by atoms with Gasteiger partial charge in [-0.3, -0.25) is 0 Å². The van der Waals surface area contributed by atoms with Crippen molar-refractivity contribution in [1.29, 1.82) is 0 Å². The fourth-order valence-corrected chi connectivity index (χ4v) is 4.59. The van der Waals surface area contributed by atoms with Gasteiger partial charge in [0.2, 0.25) is 5.95 Å². The monoisotopic (exact) mass is 461 g/mol. The lowest BCUT2D eigenvalue weighted by Crippen LogP contribution is -2.28. The Kier molecular flexibility index (Phi) is 6.80. The van der Waals surface area contributed by atoms with Crippen LogP contribution in [0.5, 0.6) is 11.5 Å². The van der Waals surface area contributed by atoms with Gasteiger partial charge in [-0.05, 0) is 57.5 Å². The van der Waals surface area contributed by atoms with Crippen molar-refractivity contribution in [3.63, 3.8) is 0 Å². The van der Waals surface area contributed by atoms with E-state index >= 15 is 0 Å². The summed E-state index contributed by atoms with van der Waals surface area (Å²) >= 11 is 1.61. The van der Waals surface area contributed by atoms with E-state index < -0.39 is 11.6 Å². The number of aromatic nitrogens is 3. The largest absolute Gasteiger partial charge is 0.494 e. The third kappa shape index (κ3) is 4.97. The summed E-state index contributed by atoms with van der Waals surface area (Å²) in [6, 6.07) is 1.31. The molecular weight excluding hydrogens is 436 g/mol. The van der Waals surface area contributed by atoms with E-state index in [1.165, 1.54) is 30.4 Å². The Morgan fingerprint density at radius 3 is 2.53 bits per heavy atom. The van der Waals surface area contributed by atoms with Crippen LogP contribution in [0, 0.1) is 18.6 Å². The molecule has 170 valence electrons. The van der Waals surface area contributed by atoms with Crippen LogP contribution in [0.15, 0.2) is 24.7 Å². The summed E-state index contributed by atoms with van der Waals surface area (Å²) in [5.74, 6) is -0.263. The minimum absolute atomic E-state index is 0.0265. The molecule has 1 fully saturated rings. The predicted molar refractivity (Wildman–Crippen MR) is 119 cm³/mol. The molecule has 1 aromatic carbocycles. The number of piperidine rings is 1. The number of likely N-dealkylation sites (tertiary alicyclic amines) is 1. The van der Waals surface area contributed by atoms with E-state index in [4.69, 9.17) is 9.47 Å². The first-order valence-corrected chi connectivity index (χ1v) is 11.1. The summed E-state index contributed by atoms with van der Waals surface area (Å²) in [5.41, 5.74) is 0.0778. The Hall–Kier alpha value is -2.85. The average Bonchev–Trinajstić information content (AvgIpc) is 3.26. The van der Waals surface area contributed by atoms with Crippen molar-refractivity contribution in [2.75, 3.05) is 32.6 Å². The van der Waals surface area contributed by atoms with E-state index in [0.29, 0.717) is 17.6 Å². The standard InChI is InChI=1S/C22H25F2N5O2S/c1-13-8-17(30-3)20(24)16(19(13)23)12-31-15-9-25-21(26-10-15)28-22-27-11-18(32-22)14-4-6-29(2)7-5-14/h8-11,14H,4-7,12H2,1-3H3,(H,25,26,27,28). The molecule has 32 heavy (non-hydrogen) atoms. The van der Waals surface area contributed by atoms with Gasteiger partial charge >= 0.3 is 0 Å². The molecule has 0 amide bonds. The van der Waals surface area contributed by atoms with Crippen molar-refractivity contribution in [2.45, 2.75) is 32.3 Å². The molecule has 0 aliphatic carbocycles. The van der Waals surface area contributed by atoms with E-state index in [2.05, 4.69) is 32.2 Å². The van der Waals surface area contributed by atoms with Gasteiger partial charge in [-0.1, -0.05) is 0 Å². The van der Waals surface area contributed by atoms with Crippen LogP contribution in [0.2, 0.25) is 0 Å². The molecule has 10 heteroatoms. The van der Waals surface area contributed by atoms with E-state index in [-0.39, 0.29) is 23.5 Å². The molecule has 0 spiro atoms. The molecule has 0 unspecified atom stereocenters. The first kappa shape index (κ1) is 22.3. The molecule has 2 aromatic heterocycles. The Labute approximate surface area is 189 Å². The van der Waals surface area contributed by atoms with Gasteiger partial charge in [0, 0.05) is 11.1 Å². The summed E-state index contributed by atoms with van der Waals surface area (Å²) in [4.78, 5) is 16.5. The molecule has 3 heterocycles. The molecule has 1 saturated heterocycles. The normalized spacial score (nSPS) is 15.0. The van der Waals surface area contributed by atoms with Crippen molar-refractivity contribution in [1.82, 2.24) is 19.9 Å². The molecule has 4 rings (SSSR count). The highest BCUT2D eigenvalue weighted by atomic mass is 32.1. The third-order valence-electron chi connectivity index (χ3n) is 5.53. The number of rotatable bonds is 7. The SMILES string of the molecule is COc1cc(C)c(F)c(COc2cnc(Nc3ncc(C4CCN(C)CC4)s3)nc2)c1F. The Morgan fingerprint density at radius 2 is 1.84 bits per heavy atom. The number of anilines is 2. The second-order valence-electron chi connectivity index (χ2n) is 7.80. The summed E-state index contributed by atoms with van der Waals surface area (Å²) in [5, 5.41) is 3.82. The number of nitrogens with zero attached hydrogens (tertiary/aromatic N) is 4. The lowest BCUT2D eigenvalue weighted by Gasteiger charge is -2.27. The van der Waals surface area contributed by atoms with Crippen molar-refractivity contribution >= 4 is 22.4 Å². The van der Waals surface area contributed by atoms with Crippen molar-refractivity contribution in [2.24, 2.45) is 0 Å². The number of halogens is 2. The van der Waals surface area contributed by atoms with E-state index in [0.717, 1.165) is 31.1 Å². The second kappa shape index (κ2) is 9.74. The maximum atomic E-state index is 14.4. The van der Waals surface area contributed by atoms with Crippen molar-refractivity contribution < 1.29 is 18.3 Å². The van der Waals surface area contributed by atoms with Gasteiger partial charge in [-0.25, -0.2) is 23.7 Å². The Bertz CT molecular complexity index is 1070. The summed E-state index contributed by atoms with van der Waals surface area (Å²) in [6.45, 7) is 3.43. The van der Waals surface area contributed by atoms with Crippen LogP contribution in [0.3, 0.4) is 0 Å². The smallest absolute Gasteiger partial charge is 0.229 e. The fraction of sp³-hybridized carbons (Fsp3) is 0.409. The number of nitrogens with one attached hydrogen (secondary N) is 1. The van der Waals surface area contributed by atoms with Gasteiger partial charge in [0.25, 0.3) is 0 Å². The molecular formula is C22H25F2N5O2S. The molecule has 1 N–H and O–H groups in total. The predicted octanol–water partition coefficient (Wildman–Crippen LogP) is 4.66. The van der Waals surface area contributed by atoms with Crippen molar-refractivity contribution in [3.05, 3.63) is 52.3 Å². The second-order valence-corrected chi connectivity index (χ2v) is 8.87. The summed E-state index contributed by atoms with van der Waals surface area (Å²) < 4.78 is 39.2. The minimum atomic E-state index is -0.779. The molecule has 0 bridgehead atoms. The van der Waals surface area contributed by atoms with Crippen molar-refractivity contribution in [3.8, 4) is 11.5 Å². The number of thiazole rings is 1. The quantitative estimate of drug-likeness (QED) is 0.549. The molecule has 1 aliphatic rings. The topological polar surface area (TPSA) is 72.4 Å². The zero-order valence-corrected chi connectivity index (χ0v) is 19.0.